The molecule has 2 unspecified atom stereocenters. The highest BCUT2D eigenvalue weighted by Crippen LogP contribution is 2.23. The minimum absolute atomic E-state index is 0.0394. The molecular formula is C10H18ClNO2. The minimum atomic E-state index is 0.0394. The molecule has 1 rings (SSSR count). The SMILES string of the molecule is CCOCC1CN(C(=O)CCl)CC1C. The molecule has 0 saturated carbocycles. The third-order valence-electron chi connectivity index (χ3n) is 2.77. The van der Waals surface area contributed by atoms with E-state index in [1.54, 1.807) is 0 Å². The molecule has 0 N–H and O–H groups in total. The van der Waals surface area contributed by atoms with Gasteiger partial charge in [-0.3, -0.25) is 4.79 Å². The number of carbonyl (C=O) groups is 1. The Bertz CT molecular complexity index is 199. The van der Waals surface area contributed by atoms with E-state index >= 15 is 0 Å². The summed E-state index contributed by atoms with van der Waals surface area (Å²) in [6.45, 7) is 7.26. The van der Waals surface area contributed by atoms with Crippen molar-refractivity contribution in [2.75, 3.05) is 32.2 Å². The van der Waals surface area contributed by atoms with Gasteiger partial charge < -0.3 is 9.64 Å². The van der Waals surface area contributed by atoms with Crippen LogP contribution in [0.4, 0.5) is 0 Å². The first-order valence-electron chi connectivity index (χ1n) is 5.10. The molecule has 0 aromatic rings. The van der Waals surface area contributed by atoms with Crippen LogP contribution in [0.3, 0.4) is 0 Å². The van der Waals surface area contributed by atoms with Crippen molar-refractivity contribution < 1.29 is 9.53 Å². The van der Waals surface area contributed by atoms with Crippen molar-refractivity contribution in [1.82, 2.24) is 4.90 Å². The lowest BCUT2D eigenvalue weighted by atomic mass is 9.99. The molecule has 0 spiro atoms. The molecule has 1 aliphatic rings. The van der Waals surface area contributed by atoms with Crippen LogP contribution in [0, 0.1) is 11.8 Å². The maximum absolute atomic E-state index is 11.3. The van der Waals surface area contributed by atoms with Gasteiger partial charge in [0.1, 0.15) is 5.88 Å². The van der Waals surface area contributed by atoms with E-state index in [-0.39, 0.29) is 11.8 Å². The van der Waals surface area contributed by atoms with Gasteiger partial charge in [0, 0.05) is 25.6 Å². The Hall–Kier alpha value is -0.280. The van der Waals surface area contributed by atoms with Gasteiger partial charge in [-0.1, -0.05) is 6.92 Å². The standard InChI is InChI=1S/C10H18ClNO2/c1-3-14-7-9-6-12(5-8(9)2)10(13)4-11/h8-9H,3-7H2,1-2H3. The number of ether oxygens (including phenoxy) is 1. The largest absolute Gasteiger partial charge is 0.381 e. The average Bonchev–Trinajstić information content (AvgIpc) is 2.56. The summed E-state index contributed by atoms with van der Waals surface area (Å²) in [6, 6.07) is 0. The van der Waals surface area contributed by atoms with E-state index in [4.69, 9.17) is 16.3 Å². The topological polar surface area (TPSA) is 29.5 Å². The predicted molar refractivity (Wildman–Crippen MR) is 56.4 cm³/mol. The monoisotopic (exact) mass is 219 g/mol. The Labute approximate surface area is 90.4 Å². The molecule has 0 aromatic carbocycles. The summed E-state index contributed by atoms with van der Waals surface area (Å²) >= 11 is 5.51. The Kier molecular flexibility index (Phi) is 4.69. The predicted octanol–water partition coefficient (Wildman–Crippen LogP) is 1.36. The fraction of sp³-hybridized carbons (Fsp3) is 0.900. The molecule has 0 radical (unpaired) electrons. The van der Waals surface area contributed by atoms with Crippen LogP contribution >= 0.6 is 11.6 Å². The normalized spacial score (nSPS) is 26.9. The zero-order valence-corrected chi connectivity index (χ0v) is 9.59. The molecule has 2 atom stereocenters. The van der Waals surface area contributed by atoms with Gasteiger partial charge in [0.15, 0.2) is 0 Å². The van der Waals surface area contributed by atoms with E-state index in [2.05, 4.69) is 6.92 Å². The number of likely N-dealkylation sites (tertiary alicyclic amines) is 1. The smallest absolute Gasteiger partial charge is 0.237 e. The number of carbonyl (C=O) groups excluding carboxylic acids is 1. The fourth-order valence-corrected chi connectivity index (χ4v) is 1.98. The molecule has 1 heterocycles. The van der Waals surface area contributed by atoms with Crippen molar-refractivity contribution in [3.63, 3.8) is 0 Å². The molecule has 1 fully saturated rings. The first-order valence-corrected chi connectivity index (χ1v) is 5.64. The van der Waals surface area contributed by atoms with E-state index in [1.807, 2.05) is 11.8 Å². The Morgan fingerprint density at radius 2 is 2.29 bits per heavy atom. The van der Waals surface area contributed by atoms with Gasteiger partial charge in [0.2, 0.25) is 5.91 Å². The van der Waals surface area contributed by atoms with Gasteiger partial charge in [-0.05, 0) is 12.8 Å². The summed E-state index contributed by atoms with van der Waals surface area (Å²) in [4.78, 5) is 13.2. The third-order valence-corrected chi connectivity index (χ3v) is 3.00. The Balaban J connectivity index is 2.39. The molecule has 0 aliphatic carbocycles. The fourth-order valence-electron chi connectivity index (χ4n) is 1.81. The summed E-state index contributed by atoms with van der Waals surface area (Å²) in [5, 5.41) is 0. The second kappa shape index (κ2) is 5.56. The number of hydrogen-bond donors (Lipinski definition) is 0. The lowest BCUT2D eigenvalue weighted by Crippen LogP contribution is -2.30. The van der Waals surface area contributed by atoms with Crippen molar-refractivity contribution in [3.8, 4) is 0 Å². The van der Waals surface area contributed by atoms with Crippen molar-refractivity contribution in [3.05, 3.63) is 0 Å². The number of halogens is 1. The van der Waals surface area contributed by atoms with Crippen molar-refractivity contribution in [1.29, 1.82) is 0 Å². The van der Waals surface area contributed by atoms with Gasteiger partial charge in [-0.25, -0.2) is 0 Å². The molecule has 4 heteroatoms. The summed E-state index contributed by atoms with van der Waals surface area (Å²) in [6.07, 6.45) is 0. The minimum Gasteiger partial charge on any atom is -0.381 e. The van der Waals surface area contributed by atoms with Gasteiger partial charge in [-0.15, -0.1) is 11.6 Å². The van der Waals surface area contributed by atoms with E-state index in [9.17, 15) is 4.79 Å². The first-order chi connectivity index (χ1) is 6.69. The summed E-state index contributed by atoms with van der Waals surface area (Å²) in [7, 11) is 0. The first kappa shape index (κ1) is 11.8. The van der Waals surface area contributed by atoms with Crippen molar-refractivity contribution in [2.45, 2.75) is 13.8 Å². The highest BCUT2D eigenvalue weighted by Gasteiger charge is 2.31. The van der Waals surface area contributed by atoms with Crippen LogP contribution in [0.2, 0.25) is 0 Å². The molecular weight excluding hydrogens is 202 g/mol. The van der Waals surface area contributed by atoms with Gasteiger partial charge in [0.25, 0.3) is 0 Å². The zero-order valence-electron chi connectivity index (χ0n) is 8.83. The number of amides is 1. The number of nitrogens with zero attached hydrogens (tertiary/aromatic N) is 1. The zero-order chi connectivity index (χ0) is 10.6. The van der Waals surface area contributed by atoms with E-state index in [1.165, 1.54) is 0 Å². The quantitative estimate of drug-likeness (QED) is 0.669. The van der Waals surface area contributed by atoms with Crippen LogP contribution in [-0.4, -0.2) is 43.0 Å². The molecule has 1 aliphatic heterocycles. The van der Waals surface area contributed by atoms with Crippen LogP contribution in [0.25, 0.3) is 0 Å². The van der Waals surface area contributed by atoms with Gasteiger partial charge >= 0.3 is 0 Å². The Morgan fingerprint density at radius 3 is 2.86 bits per heavy atom. The van der Waals surface area contributed by atoms with Crippen LogP contribution in [0.15, 0.2) is 0 Å². The maximum Gasteiger partial charge on any atom is 0.237 e. The molecule has 0 bridgehead atoms. The lowest BCUT2D eigenvalue weighted by molar-refractivity contribution is -0.127. The van der Waals surface area contributed by atoms with Gasteiger partial charge in [-0.2, -0.15) is 0 Å². The Morgan fingerprint density at radius 1 is 1.57 bits per heavy atom. The average molecular weight is 220 g/mol. The number of alkyl halides is 1. The number of hydrogen-bond acceptors (Lipinski definition) is 2. The van der Waals surface area contributed by atoms with Crippen LogP contribution in [0.1, 0.15) is 13.8 Å². The summed E-state index contributed by atoms with van der Waals surface area (Å²) in [5.41, 5.74) is 0. The second-order valence-electron chi connectivity index (χ2n) is 3.83. The van der Waals surface area contributed by atoms with Crippen molar-refractivity contribution >= 4 is 17.5 Å². The molecule has 1 amide bonds. The number of rotatable bonds is 4. The molecule has 3 nitrogen and oxygen atoms in total. The molecule has 0 aromatic heterocycles. The van der Waals surface area contributed by atoms with Crippen molar-refractivity contribution in [2.24, 2.45) is 11.8 Å². The van der Waals surface area contributed by atoms with Gasteiger partial charge in [0.05, 0.1) is 6.61 Å². The van der Waals surface area contributed by atoms with E-state index in [0.717, 1.165) is 26.3 Å². The maximum atomic E-state index is 11.3. The van der Waals surface area contributed by atoms with E-state index in [0.29, 0.717) is 11.8 Å². The second-order valence-corrected chi connectivity index (χ2v) is 4.10. The molecule has 14 heavy (non-hydrogen) atoms. The third kappa shape index (κ3) is 2.85. The summed E-state index contributed by atoms with van der Waals surface area (Å²) in [5.74, 6) is 1.13. The highest BCUT2D eigenvalue weighted by atomic mass is 35.5. The van der Waals surface area contributed by atoms with Crippen LogP contribution < -0.4 is 0 Å². The van der Waals surface area contributed by atoms with Crippen LogP contribution in [-0.2, 0) is 9.53 Å². The van der Waals surface area contributed by atoms with Crippen LogP contribution in [0.5, 0.6) is 0 Å². The highest BCUT2D eigenvalue weighted by molar-refractivity contribution is 6.27. The summed E-state index contributed by atoms with van der Waals surface area (Å²) < 4.78 is 5.38. The van der Waals surface area contributed by atoms with E-state index < -0.39 is 0 Å². The molecule has 1 saturated heterocycles. The molecule has 82 valence electrons. The lowest BCUT2D eigenvalue weighted by Gasteiger charge is -2.14.